The molecule has 0 aromatic heterocycles. The molecule has 1 aliphatic carbocycles. The second-order valence-corrected chi connectivity index (χ2v) is 5.53. The summed E-state index contributed by atoms with van der Waals surface area (Å²) in [4.78, 5) is 0. The van der Waals surface area contributed by atoms with E-state index in [1.807, 2.05) is 12.1 Å². The highest BCUT2D eigenvalue weighted by molar-refractivity contribution is 5.24. The number of rotatable bonds is 4. The van der Waals surface area contributed by atoms with Gasteiger partial charge in [0.1, 0.15) is 0 Å². The summed E-state index contributed by atoms with van der Waals surface area (Å²) in [5.74, 6) is 0. The van der Waals surface area contributed by atoms with Gasteiger partial charge >= 0.3 is 0 Å². The van der Waals surface area contributed by atoms with Crippen molar-refractivity contribution in [2.24, 2.45) is 0 Å². The van der Waals surface area contributed by atoms with Crippen molar-refractivity contribution in [1.82, 2.24) is 5.32 Å². The topological polar surface area (TPSA) is 32.3 Å². The highest BCUT2D eigenvalue weighted by Gasteiger charge is 2.14. The van der Waals surface area contributed by atoms with Crippen LogP contribution in [0.15, 0.2) is 24.3 Å². The van der Waals surface area contributed by atoms with Crippen molar-refractivity contribution in [1.29, 1.82) is 0 Å². The molecule has 2 heteroatoms. The Morgan fingerprint density at radius 3 is 2.61 bits per heavy atom. The van der Waals surface area contributed by atoms with Crippen molar-refractivity contribution < 1.29 is 5.11 Å². The molecule has 18 heavy (non-hydrogen) atoms. The minimum atomic E-state index is -0.381. The smallest absolute Gasteiger partial charge is 0.0914 e. The summed E-state index contributed by atoms with van der Waals surface area (Å²) in [5, 5.41) is 13.7. The van der Waals surface area contributed by atoms with E-state index >= 15 is 0 Å². The zero-order valence-corrected chi connectivity index (χ0v) is 11.4. The second kappa shape index (κ2) is 6.91. The first kappa shape index (κ1) is 13.6. The normalized spacial score (nSPS) is 19.4. The highest BCUT2D eigenvalue weighted by atomic mass is 16.3. The Morgan fingerprint density at radius 2 is 1.94 bits per heavy atom. The van der Waals surface area contributed by atoms with Crippen LogP contribution in [0.4, 0.5) is 0 Å². The van der Waals surface area contributed by atoms with Crippen LogP contribution < -0.4 is 5.32 Å². The molecule has 1 aliphatic rings. The van der Waals surface area contributed by atoms with Crippen LogP contribution in [0.3, 0.4) is 0 Å². The van der Waals surface area contributed by atoms with Crippen molar-refractivity contribution in [2.75, 3.05) is 6.54 Å². The fraction of sp³-hybridized carbons (Fsp3) is 0.625. The van der Waals surface area contributed by atoms with Crippen LogP contribution >= 0.6 is 0 Å². The van der Waals surface area contributed by atoms with Gasteiger partial charge in [-0.1, -0.05) is 55.5 Å². The zero-order chi connectivity index (χ0) is 12.8. The lowest BCUT2D eigenvalue weighted by atomic mass is 10.1. The monoisotopic (exact) mass is 247 g/mol. The molecular weight excluding hydrogens is 222 g/mol. The average molecular weight is 247 g/mol. The molecule has 0 aliphatic heterocycles. The minimum Gasteiger partial charge on any atom is -0.387 e. The van der Waals surface area contributed by atoms with E-state index in [1.165, 1.54) is 44.1 Å². The van der Waals surface area contributed by atoms with Gasteiger partial charge in [-0.05, 0) is 25.3 Å². The van der Waals surface area contributed by atoms with E-state index in [4.69, 9.17) is 0 Å². The van der Waals surface area contributed by atoms with Gasteiger partial charge in [-0.2, -0.15) is 0 Å². The van der Waals surface area contributed by atoms with Gasteiger partial charge in [0.15, 0.2) is 0 Å². The third kappa shape index (κ3) is 4.11. The molecule has 0 heterocycles. The average Bonchev–Trinajstić information content (AvgIpc) is 2.64. The van der Waals surface area contributed by atoms with E-state index in [0.717, 1.165) is 5.56 Å². The Morgan fingerprint density at radius 1 is 1.22 bits per heavy atom. The number of hydrogen-bond acceptors (Lipinski definition) is 2. The van der Waals surface area contributed by atoms with Crippen LogP contribution in [0.1, 0.15) is 55.8 Å². The van der Waals surface area contributed by atoms with E-state index < -0.39 is 0 Å². The van der Waals surface area contributed by atoms with Crippen LogP contribution in [-0.2, 0) is 0 Å². The zero-order valence-electron chi connectivity index (χ0n) is 11.4. The Balaban J connectivity index is 1.82. The number of aryl methyl sites for hydroxylation is 1. The molecule has 1 fully saturated rings. The molecule has 0 bridgehead atoms. The largest absolute Gasteiger partial charge is 0.387 e. The molecule has 1 saturated carbocycles. The second-order valence-electron chi connectivity index (χ2n) is 5.53. The molecule has 2 nitrogen and oxygen atoms in total. The van der Waals surface area contributed by atoms with Crippen LogP contribution in [0.5, 0.6) is 0 Å². The van der Waals surface area contributed by atoms with Gasteiger partial charge in [-0.25, -0.2) is 0 Å². The summed E-state index contributed by atoms with van der Waals surface area (Å²) < 4.78 is 0. The van der Waals surface area contributed by atoms with E-state index in [0.29, 0.717) is 12.6 Å². The van der Waals surface area contributed by atoms with Crippen LogP contribution in [-0.4, -0.2) is 17.7 Å². The number of aliphatic hydroxyl groups excluding tert-OH is 1. The van der Waals surface area contributed by atoms with Crippen LogP contribution in [0, 0.1) is 6.92 Å². The Hall–Kier alpha value is -0.860. The quantitative estimate of drug-likeness (QED) is 0.800. The van der Waals surface area contributed by atoms with Crippen molar-refractivity contribution >= 4 is 0 Å². The third-order valence-corrected chi connectivity index (χ3v) is 3.88. The maximum atomic E-state index is 10.2. The lowest BCUT2D eigenvalue weighted by molar-refractivity contribution is 0.168. The van der Waals surface area contributed by atoms with Gasteiger partial charge < -0.3 is 10.4 Å². The molecule has 1 aromatic rings. The Kier molecular flexibility index (Phi) is 5.21. The maximum absolute atomic E-state index is 10.2. The Bertz CT molecular complexity index is 356. The maximum Gasteiger partial charge on any atom is 0.0914 e. The number of nitrogens with one attached hydrogen (secondary N) is 1. The van der Waals surface area contributed by atoms with Crippen molar-refractivity contribution in [2.45, 2.75) is 57.6 Å². The summed E-state index contributed by atoms with van der Waals surface area (Å²) in [7, 11) is 0. The number of hydrogen-bond donors (Lipinski definition) is 2. The standard InChI is InChI=1S/C16H25NO/c1-13-7-6-8-14(11-13)16(18)12-17-15-9-4-2-3-5-10-15/h6-8,11,15-18H,2-5,9-10,12H2,1H3. The van der Waals surface area contributed by atoms with Gasteiger partial charge in [-0.3, -0.25) is 0 Å². The molecule has 0 spiro atoms. The summed E-state index contributed by atoms with van der Waals surface area (Å²) in [5.41, 5.74) is 2.23. The lowest BCUT2D eigenvalue weighted by Crippen LogP contribution is -2.32. The molecule has 0 saturated heterocycles. The predicted molar refractivity (Wildman–Crippen MR) is 75.6 cm³/mol. The summed E-state index contributed by atoms with van der Waals surface area (Å²) in [6, 6.07) is 8.76. The fourth-order valence-electron chi connectivity index (χ4n) is 2.76. The van der Waals surface area contributed by atoms with Gasteiger partial charge in [0.05, 0.1) is 6.10 Å². The van der Waals surface area contributed by atoms with E-state index in [2.05, 4.69) is 24.4 Å². The van der Waals surface area contributed by atoms with Gasteiger partial charge in [0.2, 0.25) is 0 Å². The molecule has 1 aromatic carbocycles. The molecule has 1 atom stereocenters. The predicted octanol–water partition coefficient (Wildman–Crippen LogP) is 3.34. The molecule has 2 rings (SSSR count). The first-order valence-corrected chi connectivity index (χ1v) is 7.24. The van der Waals surface area contributed by atoms with Crippen molar-refractivity contribution in [3.8, 4) is 0 Å². The van der Waals surface area contributed by atoms with Crippen LogP contribution in [0.2, 0.25) is 0 Å². The van der Waals surface area contributed by atoms with Crippen LogP contribution in [0.25, 0.3) is 0 Å². The molecular formula is C16H25NO. The number of benzene rings is 1. The van der Waals surface area contributed by atoms with Gasteiger partial charge in [0.25, 0.3) is 0 Å². The Labute approximate surface area is 110 Å². The lowest BCUT2D eigenvalue weighted by Gasteiger charge is -2.19. The summed E-state index contributed by atoms with van der Waals surface area (Å²) in [6.45, 7) is 2.74. The van der Waals surface area contributed by atoms with E-state index in [9.17, 15) is 5.11 Å². The molecule has 1 unspecified atom stereocenters. The van der Waals surface area contributed by atoms with Gasteiger partial charge in [-0.15, -0.1) is 0 Å². The van der Waals surface area contributed by atoms with Gasteiger partial charge in [0, 0.05) is 12.6 Å². The molecule has 0 radical (unpaired) electrons. The molecule has 100 valence electrons. The van der Waals surface area contributed by atoms with Crippen molar-refractivity contribution in [3.05, 3.63) is 35.4 Å². The SMILES string of the molecule is Cc1cccc(C(O)CNC2CCCCCC2)c1. The van der Waals surface area contributed by atoms with Crippen molar-refractivity contribution in [3.63, 3.8) is 0 Å². The highest BCUT2D eigenvalue weighted by Crippen LogP contribution is 2.18. The molecule has 0 amide bonds. The minimum absolute atomic E-state index is 0.381. The first-order chi connectivity index (χ1) is 8.75. The summed E-state index contributed by atoms with van der Waals surface area (Å²) in [6.07, 6.45) is 7.56. The fourth-order valence-corrected chi connectivity index (χ4v) is 2.76. The summed E-state index contributed by atoms with van der Waals surface area (Å²) >= 11 is 0. The first-order valence-electron chi connectivity index (χ1n) is 7.24. The number of aliphatic hydroxyl groups is 1. The third-order valence-electron chi connectivity index (χ3n) is 3.88. The molecule has 2 N–H and O–H groups in total. The van der Waals surface area contributed by atoms with E-state index in [1.54, 1.807) is 0 Å². The van der Waals surface area contributed by atoms with E-state index in [-0.39, 0.29) is 6.10 Å².